The molecule has 0 aromatic carbocycles. The molecule has 0 aromatic heterocycles. The third-order valence-electron chi connectivity index (χ3n) is 4.82. The van der Waals surface area contributed by atoms with Crippen molar-refractivity contribution in [3.05, 3.63) is 24.3 Å². The van der Waals surface area contributed by atoms with Crippen molar-refractivity contribution >= 4 is 26.6 Å². The minimum Gasteiger partial charge on any atom is -0.365 e. The van der Waals surface area contributed by atoms with Crippen molar-refractivity contribution in [2.24, 2.45) is 0 Å². The van der Waals surface area contributed by atoms with E-state index in [2.05, 4.69) is 22.4 Å². The van der Waals surface area contributed by atoms with Crippen molar-refractivity contribution in [1.29, 1.82) is 0 Å². The molecule has 0 N–H and O–H groups in total. The molecule has 0 aliphatic rings. The van der Waals surface area contributed by atoms with Gasteiger partial charge in [0.15, 0.2) is 17.3 Å². The molecule has 0 aromatic rings. The van der Waals surface area contributed by atoms with Crippen LogP contribution in [0.5, 0.6) is 0 Å². The van der Waals surface area contributed by atoms with E-state index in [0.717, 1.165) is 0 Å². The molecule has 184 valence electrons. The summed E-state index contributed by atoms with van der Waals surface area (Å²) in [6.45, 7) is 22.7. The van der Waals surface area contributed by atoms with Crippen molar-refractivity contribution in [3.8, 4) is 0 Å². The van der Waals surface area contributed by atoms with Crippen LogP contribution in [-0.2, 0) is 33.3 Å². The first kappa shape index (κ1) is 30.8. The molecule has 0 rings (SSSR count). The predicted molar refractivity (Wildman–Crippen MR) is 129 cm³/mol. The van der Waals surface area contributed by atoms with Crippen molar-refractivity contribution in [2.45, 2.75) is 84.5 Å². The molecule has 2 unspecified atom stereocenters. The first-order chi connectivity index (χ1) is 14.3. The lowest BCUT2D eigenvalue weighted by Crippen LogP contribution is -2.50. The van der Waals surface area contributed by atoms with Crippen LogP contribution in [-0.4, -0.2) is 65.9 Å². The van der Waals surface area contributed by atoms with Crippen molar-refractivity contribution < 1.29 is 33.3 Å². The van der Waals surface area contributed by atoms with E-state index in [0.29, 0.717) is 11.1 Å². The number of carbonyl (C=O) groups excluding carboxylic acids is 3. The Bertz CT molecular complexity index is 673. The van der Waals surface area contributed by atoms with Crippen molar-refractivity contribution in [2.75, 3.05) is 26.4 Å². The van der Waals surface area contributed by atoms with E-state index in [1.54, 1.807) is 62.3 Å². The van der Waals surface area contributed by atoms with Crippen molar-refractivity contribution in [3.63, 3.8) is 0 Å². The highest BCUT2D eigenvalue weighted by Crippen LogP contribution is 2.25. The molecule has 0 spiro atoms. The van der Waals surface area contributed by atoms with Gasteiger partial charge in [-0.3, -0.25) is 14.4 Å². The summed E-state index contributed by atoms with van der Waals surface area (Å²) in [6.07, 6.45) is 0. The van der Waals surface area contributed by atoms with Gasteiger partial charge in [-0.15, -0.1) is 0 Å². The lowest BCUT2D eigenvalue weighted by Gasteiger charge is -2.34. The second-order valence-electron chi connectivity index (χ2n) is 9.58. The summed E-state index contributed by atoms with van der Waals surface area (Å²) in [4.78, 5) is 37.1. The minimum atomic E-state index is -1.14. The normalized spacial score (nSPS) is 14.6. The van der Waals surface area contributed by atoms with Crippen LogP contribution in [0.25, 0.3) is 0 Å². The Morgan fingerprint density at radius 1 is 0.625 bits per heavy atom. The van der Waals surface area contributed by atoms with Crippen LogP contribution in [0.2, 0.25) is 0 Å². The molecule has 2 atom stereocenters. The lowest BCUT2D eigenvalue weighted by molar-refractivity contribution is -0.168. The first-order valence-corrected chi connectivity index (χ1v) is 11.2. The summed E-state index contributed by atoms with van der Waals surface area (Å²) in [5.41, 5.74) is -2.47. The second kappa shape index (κ2) is 11.8. The SMILES string of the molecule is C=C(C)C(=O)C(C)(C)OCCOC(C)(C)C(=O)C(C)(C)OCCOC(C)(P)C(=O)C(=C)C. The van der Waals surface area contributed by atoms with Crippen LogP contribution in [0.4, 0.5) is 0 Å². The van der Waals surface area contributed by atoms with Gasteiger partial charge >= 0.3 is 0 Å². The number of hydrogen-bond donors (Lipinski definition) is 0. The van der Waals surface area contributed by atoms with Gasteiger partial charge in [0.1, 0.15) is 22.1 Å². The van der Waals surface area contributed by atoms with E-state index in [1.807, 2.05) is 0 Å². The number of hydrogen-bond acceptors (Lipinski definition) is 7. The highest BCUT2D eigenvalue weighted by molar-refractivity contribution is 7.20. The maximum absolute atomic E-state index is 13.0. The quantitative estimate of drug-likeness (QED) is 0.192. The zero-order valence-corrected chi connectivity index (χ0v) is 22.3. The summed E-state index contributed by atoms with van der Waals surface area (Å²) < 4.78 is 22.7. The van der Waals surface area contributed by atoms with Gasteiger partial charge in [-0.05, 0) is 73.5 Å². The molecule has 0 heterocycles. The molecule has 0 radical (unpaired) electrons. The largest absolute Gasteiger partial charge is 0.365 e. The van der Waals surface area contributed by atoms with Crippen LogP contribution in [0, 0.1) is 0 Å². The molecule has 0 amide bonds. The number of carbonyl (C=O) groups is 3. The number of rotatable bonds is 16. The van der Waals surface area contributed by atoms with E-state index < -0.39 is 22.1 Å². The Hall–Kier alpha value is -1.24. The average Bonchev–Trinajstić information content (AvgIpc) is 2.66. The number of Topliss-reactive ketones (excluding diaryl/α,β-unsaturated/α-hetero) is 3. The molecule has 0 aliphatic carbocycles. The Morgan fingerprint density at radius 2 is 0.938 bits per heavy atom. The average molecular weight is 473 g/mol. The zero-order chi connectivity index (χ0) is 25.5. The Balaban J connectivity index is 4.69. The van der Waals surface area contributed by atoms with Gasteiger partial charge in [0.2, 0.25) is 0 Å². The molecule has 0 bridgehead atoms. The number of ketones is 3. The third-order valence-corrected chi connectivity index (χ3v) is 5.25. The summed E-state index contributed by atoms with van der Waals surface area (Å²) in [6, 6.07) is 0. The van der Waals surface area contributed by atoms with Crippen molar-refractivity contribution in [1.82, 2.24) is 0 Å². The highest BCUT2D eigenvalue weighted by Gasteiger charge is 2.41. The van der Waals surface area contributed by atoms with Crippen LogP contribution in [0.3, 0.4) is 0 Å². The van der Waals surface area contributed by atoms with Gasteiger partial charge in [-0.2, -0.15) is 0 Å². The molecule has 0 aliphatic heterocycles. The summed E-state index contributed by atoms with van der Waals surface area (Å²) in [5.74, 6) is -0.659. The fraction of sp³-hybridized carbons (Fsp3) is 0.708. The fourth-order valence-electron chi connectivity index (χ4n) is 3.07. The Kier molecular flexibility index (Phi) is 11.3. The van der Waals surface area contributed by atoms with Gasteiger partial charge in [-0.1, -0.05) is 22.4 Å². The summed E-state index contributed by atoms with van der Waals surface area (Å²) in [7, 11) is 2.37. The monoisotopic (exact) mass is 472 g/mol. The van der Waals surface area contributed by atoms with E-state index in [9.17, 15) is 14.4 Å². The maximum atomic E-state index is 13.0. The highest BCUT2D eigenvalue weighted by atomic mass is 31.0. The molecule has 0 fully saturated rings. The molecular formula is C24H41O7P. The third kappa shape index (κ3) is 9.32. The topological polar surface area (TPSA) is 88.1 Å². The number of ether oxygens (including phenoxy) is 4. The molecule has 0 saturated heterocycles. The first-order valence-electron chi connectivity index (χ1n) is 10.6. The summed E-state index contributed by atoms with van der Waals surface area (Å²) in [5, 5.41) is -1.09. The molecule has 32 heavy (non-hydrogen) atoms. The molecule has 7 nitrogen and oxygen atoms in total. The van der Waals surface area contributed by atoms with Gasteiger partial charge in [0, 0.05) is 0 Å². The standard InChI is InChI=1S/C24H41O7P/c1-16(2)18(25)21(5,6)28-12-13-29-22(7,8)20(27)23(9,10)30-14-15-31-24(11,32)19(26)17(3)4/h1,3,12-15,32H2,2,4-11H3. The van der Waals surface area contributed by atoms with Gasteiger partial charge < -0.3 is 18.9 Å². The predicted octanol–water partition coefficient (Wildman–Crippen LogP) is 3.84. The molecule has 0 saturated carbocycles. The lowest BCUT2D eigenvalue weighted by atomic mass is 9.90. The second-order valence-corrected chi connectivity index (χ2v) is 10.7. The Morgan fingerprint density at radius 3 is 1.28 bits per heavy atom. The zero-order valence-electron chi connectivity index (χ0n) is 21.2. The van der Waals surface area contributed by atoms with E-state index in [1.165, 1.54) is 0 Å². The minimum absolute atomic E-state index is 0.114. The Labute approximate surface area is 195 Å². The van der Waals surface area contributed by atoms with Crippen LogP contribution < -0.4 is 0 Å². The van der Waals surface area contributed by atoms with Crippen LogP contribution in [0.15, 0.2) is 24.3 Å². The van der Waals surface area contributed by atoms with Gasteiger partial charge in [0.05, 0.1) is 26.4 Å². The molecule has 8 heteroatoms. The van der Waals surface area contributed by atoms with E-state index in [-0.39, 0.29) is 43.8 Å². The van der Waals surface area contributed by atoms with Gasteiger partial charge in [-0.25, -0.2) is 0 Å². The molecular weight excluding hydrogens is 431 g/mol. The maximum Gasteiger partial charge on any atom is 0.195 e. The van der Waals surface area contributed by atoms with Gasteiger partial charge in [0.25, 0.3) is 0 Å². The summed E-state index contributed by atoms with van der Waals surface area (Å²) >= 11 is 0. The van der Waals surface area contributed by atoms with Crippen LogP contribution >= 0.6 is 9.24 Å². The van der Waals surface area contributed by atoms with Crippen LogP contribution in [0.1, 0.15) is 62.3 Å². The van der Waals surface area contributed by atoms with E-state index in [4.69, 9.17) is 18.9 Å². The van der Waals surface area contributed by atoms with E-state index >= 15 is 0 Å². The fourth-order valence-corrected chi connectivity index (χ4v) is 3.43. The smallest absolute Gasteiger partial charge is 0.195 e.